The highest BCUT2D eigenvalue weighted by atomic mass is 32.2. The first kappa shape index (κ1) is 13.4. The Morgan fingerprint density at radius 2 is 1.94 bits per heavy atom. The molecular formula is C14H19NO2S. The van der Waals surface area contributed by atoms with Gasteiger partial charge in [-0.3, -0.25) is 4.79 Å². The topological polar surface area (TPSA) is 49.3 Å². The molecule has 18 heavy (non-hydrogen) atoms. The number of nitrogens with one attached hydrogen (secondary N) is 1. The van der Waals surface area contributed by atoms with Gasteiger partial charge >= 0.3 is 0 Å². The molecule has 0 bridgehead atoms. The lowest BCUT2D eigenvalue weighted by atomic mass is 9.98. The molecule has 3 nitrogen and oxygen atoms in total. The average molecular weight is 265 g/mol. The number of thioether (sulfide) groups is 1. The zero-order valence-corrected chi connectivity index (χ0v) is 11.4. The molecule has 1 saturated carbocycles. The van der Waals surface area contributed by atoms with E-state index < -0.39 is 5.54 Å². The molecule has 0 heterocycles. The molecule has 2 N–H and O–H groups in total. The van der Waals surface area contributed by atoms with Crippen molar-refractivity contribution < 1.29 is 9.90 Å². The predicted octanol–water partition coefficient (Wildman–Crippen LogP) is 2.44. The Balaban J connectivity index is 2.06. The van der Waals surface area contributed by atoms with Crippen molar-refractivity contribution in [2.24, 2.45) is 0 Å². The molecule has 0 radical (unpaired) electrons. The van der Waals surface area contributed by atoms with Crippen molar-refractivity contribution in [1.29, 1.82) is 0 Å². The summed E-state index contributed by atoms with van der Waals surface area (Å²) in [6.07, 6.45) is 5.91. The molecular weight excluding hydrogens is 246 g/mol. The fourth-order valence-corrected chi connectivity index (χ4v) is 2.84. The number of aliphatic hydroxyl groups excluding tert-OH is 1. The van der Waals surface area contributed by atoms with Gasteiger partial charge in [0.25, 0.3) is 5.91 Å². The molecule has 0 unspecified atom stereocenters. The molecule has 1 aromatic carbocycles. The van der Waals surface area contributed by atoms with Crippen molar-refractivity contribution in [2.45, 2.75) is 36.1 Å². The van der Waals surface area contributed by atoms with E-state index in [4.69, 9.17) is 0 Å². The molecule has 1 fully saturated rings. The van der Waals surface area contributed by atoms with E-state index in [1.54, 1.807) is 11.8 Å². The smallest absolute Gasteiger partial charge is 0.251 e. The van der Waals surface area contributed by atoms with E-state index in [-0.39, 0.29) is 12.5 Å². The maximum Gasteiger partial charge on any atom is 0.251 e. The fourth-order valence-electron chi connectivity index (χ4n) is 2.43. The summed E-state index contributed by atoms with van der Waals surface area (Å²) in [6.45, 7) is 0.0294. The maximum absolute atomic E-state index is 12.1. The molecule has 0 atom stereocenters. The van der Waals surface area contributed by atoms with E-state index in [0.717, 1.165) is 30.6 Å². The molecule has 1 aliphatic rings. The lowest BCUT2D eigenvalue weighted by molar-refractivity contribution is 0.0838. The summed E-state index contributed by atoms with van der Waals surface area (Å²) in [6, 6.07) is 7.56. The fraction of sp³-hybridized carbons (Fsp3) is 0.500. The number of aliphatic hydroxyl groups is 1. The van der Waals surface area contributed by atoms with Crippen LogP contribution in [0.3, 0.4) is 0 Å². The molecule has 1 amide bonds. The second-order valence-electron chi connectivity index (χ2n) is 4.83. The Hall–Kier alpha value is -1.00. The van der Waals surface area contributed by atoms with Crippen molar-refractivity contribution in [3.05, 3.63) is 29.8 Å². The van der Waals surface area contributed by atoms with Crippen molar-refractivity contribution in [1.82, 2.24) is 5.32 Å². The highest BCUT2D eigenvalue weighted by Crippen LogP contribution is 2.29. The van der Waals surface area contributed by atoms with Crippen LogP contribution in [0.25, 0.3) is 0 Å². The van der Waals surface area contributed by atoms with Crippen LogP contribution in [-0.4, -0.2) is 29.4 Å². The highest BCUT2D eigenvalue weighted by Gasteiger charge is 2.34. The van der Waals surface area contributed by atoms with Crippen molar-refractivity contribution in [3.63, 3.8) is 0 Å². The number of amides is 1. The highest BCUT2D eigenvalue weighted by molar-refractivity contribution is 7.98. The van der Waals surface area contributed by atoms with Gasteiger partial charge in [0.05, 0.1) is 12.1 Å². The van der Waals surface area contributed by atoms with Gasteiger partial charge in [0.15, 0.2) is 0 Å². The van der Waals surface area contributed by atoms with Crippen LogP contribution >= 0.6 is 11.8 Å². The van der Waals surface area contributed by atoms with E-state index >= 15 is 0 Å². The van der Waals surface area contributed by atoms with Gasteiger partial charge in [0.1, 0.15) is 0 Å². The monoisotopic (exact) mass is 265 g/mol. The van der Waals surface area contributed by atoms with Crippen LogP contribution < -0.4 is 5.32 Å². The number of rotatable bonds is 4. The number of benzene rings is 1. The molecule has 1 aliphatic carbocycles. The second-order valence-corrected chi connectivity index (χ2v) is 5.71. The van der Waals surface area contributed by atoms with Crippen LogP contribution in [-0.2, 0) is 0 Å². The molecule has 0 spiro atoms. The van der Waals surface area contributed by atoms with Gasteiger partial charge in [-0.1, -0.05) is 12.8 Å². The molecule has 1 aromatic rings. The molecule has 0 aromatic heterocycles. The van der Waals surface area contributed by atoms with Crippen molar-refractivity contribution in [3.8, 4) is 0 Å². The van der Waals surface area contributed by atoms with Crippen LogP contribution in [0.4, 0.5) is 0 Å². The van der Waals surface area contributed by atoms with Gasteiger partial charge in [-0.15, -0.1) is 11.8 Å². The van der Waals surface area contributed by atoms with Gasteiger partial charge in [0.2, 0.25) is 0 Å². The predicted molar refractivity (Wildman–Crippen MR) is 74.0 cm³/mol. The van der Waals surface area contributed by atoms with Gasteiger partial charge in [-0.25, -0.2) is 0 Å². The SMILES string of the molecule is CSc1ccc(C(=O)NC2(CO)CCCC2)cc1. The number of carbonyl (C=O) groups excluding carboxylic acids is 1. The number of hydrogen-bond acceptors (Lipinski definition) is 3. The number of hydrogen-bond donors (Lipinski definition) is 2. The third-order valence-electron chi connectivity index (χ3n) is 3.59. The third-order valence-corrected chi connectivity index (χ3v) is 4.34. The van der Waals surface area contributed by atoms with Crippen LogP contribution in [0.2, 0.25) is 0 Å². The Bertz CT molecular complexity index is 410. The number of carbonyl (C=O) groups is 1. The second kappa shape index (κ2) is 5.76. The Morgan fingerprint density at radius 3 is 2.44 bits per heavy atom. The molecule has 2 rings (SSSR count). The average Bonchev–Trinajstić information content (AvgIpc) is 2.88. The quantitative estimate of drug-likeness (QED) is 0.822. The van der Waals surface area contributed by atoms with Gasteiger partial charge in [0, 0.05) is 10.5 Å². The Kier molecular flexibility index (Phi) is 4.30. The molecule has 0 saturated heterocycles. The van der Waals surface area contributed by atoms with E-state index in [9.17, 15) is 9.90 Å². The first-order valence-corrected chi connectivity index (χ1v) is 7.49. The van der Waals surface area contributed by atoms with E-state index in [2.05, 4.69) is 5.32 Å². The van der Waals surface area contributed by atoms with Crippen molar-refractivity contribution >= 4 is 17.7 Å². The first-order chi connectivity index (χ1) is 8.69. The van der Waals surface area contributed by atoms with Crippen LogP contribution in [0.15, 0.2) is 29.2 Å². The summed E-state index contributed by atoms with van der Waals surface area (Å²) in [5, 5.41) is 12.5. The summed E-state index contributed by atoms with van der Waals surface area (Å²) in [7, 11) is 0. The van der Waals surface area contributed by atoms with Crippen molar-refractivity contribution in [2.75, 3.05) is 12.9 Å². The molecule has 4 heteroatoms. The van der Waals surface area contributed by atoms with Crippen LogP contribution in [0, 0.1) is 0 Å². The lowest BCUT2D eigenvalue weighted by Gasteiger charge is -2.28. The first-order valence-electron chi connectivity index (χ1n) is 6.26. The largest absolute Gasteiger partial charge is 0.394 e. The zero-order valence-electron chi connectivity index (χ0n) is 10.6. The summed E-state index contributed by atoms with van der Waals surface area (Å²) in [4.78, 5) is 13.3. The Morgan fingerprint density at radius 1 is 1.33 bits per heavy atom. The maximum atomic E-state index is 12.1. The zero-order chi connectivity index (χ0) is 13.0. The van der Waals surface area contributed by atoms with E-state index in [0.29, 0.717) is 5.56 Å². The standard InChI is InChI=1S/C14H19NO2S/c1-18-12-6-4-11(5-7-12)13(17)15-14(10-16)8-2-3-9-14/h4-7,16H,2-3,8-10H2,1H3,(H,15,17). The Labute approximate surface area is 112 Å². The minimum atomic E-state index is -0.394. The van der Waals surface area contributed by atoms with Crippen LogP contribution in [0.5, 0.6) is 0 Å². The summed E-state index contributed by atoms with van der Waals surface area (Å²) in [5.74, 6) is -0.0846. The van der Waals surface area contributed by atoms with Gasteiger partial charge in [-0.2, -0.15) is 0 Å². The van der Waals surface area contributed by atoms with Gasteiger partial charge < -0.3 is 10.4 Å². The third kappa shape index (κ3) is 2.87. The summed E-state index contributed by atoms with van der Waals surface area (Å²) >= 11 is 1.65. The van der Waals surface area contributed by atoms with Crippen LogP contribution in [0.1, 0.15) is 36.0 Å². The molecule has 98 valence electrons. The summed E-state index contributed by atoms with van der Waals surface area (Å²) < 4.78 is 0. The van der Waals surface area contributed by atoms with E-state index in [1.165, 1.54) is 0 Å². The molecule has 0 aliphatic heterocycles. The lowest BCUT2D eigenvalue weighted by Crippen LogP contribution is -2.49. The normalized spacial score (nSPS) is 17.7. The summed E-state index contributed by atoms with van der Waals surface area (Å²) in [5.41, 5.74) is 0.266. The minimum absolute atomic E-state index is 0.0294. The minimum Gasteiger partial charge on any atom is -0.394 e. The van der Waals surface area contributed by atoms with Gasteiger partial charge in [-0.05, 0) is 43.4 Å². The van der Waals surface area contributed by atoms with E-state index in [1.807, 2.05) is 30.5 Å².